The van der Waals surface area contributed by atoms with Crippen molar-refractivity contribution in [3.8, 4) is 11.3 Å². The second-order valence-corrected chi connectivity index (χ2v) is 5.44. The van der Waals surface area contributed by atoms with Gasteiger partial charge in [-0.3, -0.25) is 4.79 Å². The van der Waals surface area contributed by atoms with Gasteiger partial charge in [-0.05, 0) is 37.4 Å². The number of carbonyl (C=O) groups excluding carboxylic acids is 1. The van der Waals surface area contributed by atoms with E-state index in [9.17, 15) is 4.79 Å². The summed E-state index contributed by atoms with van der Waals surface area (Å²) in [6.45, 7) is 4.06. The molecule has 1 N–H and O–H groups in total. The lowest BCUT2D eigenvalue weighted by Gasteiger charge is -2.01. The number of thiophene rings is 1. The second-order valence-electron chi connectivity index (χ2n) is 4.66. The van der Waals surface area contributed by atoms with Crippen molar-refractivity contribution in [1.29, 1.82) is 0 Å². The van der Waals surface area contributed by atoms with Crippen LogP contribution < -0.4 is 5.32 Å². The second kappa shape index (κ2) is 5.57. The first kappa shape index (κ1) is 13.6. The average Bonchev–Trinajstić information content (AvgIpc) is 3.18. The monoisotopic (exact) mass is 302 g/mol. The lowest BCUT2D eigenvalue weighted by atomic mass is 10.1. The summed E-state index contributed by atoms with van der Waals surface area (Å²) < 4.78 is 10.9. The van der Waals surface area contributed by atoms with Gasteiger partial charge in [-0.2, -0.15) is 11.3 Å². The van der Waals surface area contributed by atoms with E-state index < -0.39 is 0 Å². The maximum Gasteiger partial charge on any atom is 0.252 e. The van der Waals surface area contributed by atoms with Gasteiger partial charge in [0.05, 0.1) is 17.8 Å². The van der Waals surface area contributed by atoms with E-state index in [2.05, 4.69) is 10.5 Å². The summed E-state index contributed by atoms with van der Waals surface area (Å²) in [7, 11) is 0. The van der Waals surface area contributed by atoms with Gasteiger partial charge in [-0.1, -0.05) is 5.16 Å². The van der Waals surface area contributed by atoms with Crippen LogP contribution in [0.3, 0.4) is 0 Å². The minimum Gasteiger partial charge on any atom is -0.459 e. The zero-order chi connectivity index (χ0) is 14.8. The number of rotatable bonds is 4. The van der Waals surface area contributed by atoms with Crippen LogP contribution in [-0.2, 0) is 6.54 Å². The fourth-order valence-corrected chi connectivity index (χ4v) is 2.74. The molecule has 3 rings (SSSR count). The molecule has 0 spiro atoms. The van der Waals surface area contributed by atoms with Crippen molar-refractivity contribution in [3.05, 3.63) is 51.7 Å². The van der Waals surface area contributed by atoms with Gasteiger partial charge in [0.2, 0.25) is 0 Å². The van der Waals surface area contributed by atoms with Crippen LogP contribution in [0.25, 0.3) is 11.3 Å². The number of carbonyl (C=O) groups is 1. The summed E-state index contributed by atoms with van der Waals surface area (Å²) in [6.07, 6.45) is 0. The van der Waals surface area contributed by atoms with Gasteiger partial charge in [0.25, 0.3) is 5.91 Å². The van der Waals surface area contributed by atoms with Crippen LogP contribution in [-0.4, -0.2) is 11.1 Å². The molecule has 0 fully saturated rings. The molecule has 0 aliphatic heterocycles. The van der Waals surface area contributed by atoms with E-state index in [4.69, 9.17) is 8.94 Å². The van der Waals surface area contributed by atoms with Crippen LogP contribution in [0.1, 0.15) is 27.6 Å². The van der Waals surface area contributed by atoms with E-state index in [0.717, 1.165) is 17.0 Å². The lowest BCUT2D eigenvalue weighted by molar-refractivity contribution is 0.0948. The predicted molar refractivity (Wildman–Crippen MR) is 79.2 cm³/mol. The van der Waals surface area contributed by atoms with E-state index in [-0.39, 0.29) is 5.91 Å². The summed E-state index contributed by atoms with van der Waals surface area (Å²) in [5.41, 5.74) is 2.32. The minimum absolute atomic E-state index is 0.105. The normalized spacial score (nSPS) is 10.8. The minimum atomic E-state index is -0.105. The average molecular weight is 302 g/mol. The van der Waals surface area contributed by atoms with E-state index in [1.165, 1.54) is 11.3 Å². The Balaban J connectivity index is 1.70. The molecule has 0 bridgehead atoms. The van der Waals surface area contributed by atoms with Crippen molar-refractivity contribution < 1.29 is 13.7 Å². The number of aromatic nitrogens is 1. The zero-order valence-corrected chi connectivity index (χ0v) is 12.5. The molecule has 3 heterocycles. The fourth-order valence-electron chi connectivity index (χ4n) is 2.11. The maximum atomic E-state index is 11.9. The van der Waals surface area contributed by atoms with Gasteiger partial charge in [0.1, 0.15) is 17.3 Å². The molecule has 5 nitrogen and oxygen atoms in total. The first-order valence-electron chi connectivity index (χ1n) is 6.47. The topological polar surface area (TPSA) is 68.3 Å². The molecule has 0 aliphatic rings. The van der Waals surface area contributed by atoms with Gasteiger partial charge < -0.3 is 14.3 Å². The van der Waals surface area contributed by atoms with E-state index in [1.54, 1.807) is 6.07 Å². The van der Waals surface area contributed by atoms with Crippen LogP contribution in [0.4, 0.5) is 0 Å². The van der Waals surface area contributed by atoms with Gasteiger partial charge in [0, 0.05) is 10.9 Å². The molecule has 0 radical (unpaired) electrons. The number of furan rings is 1. The molecule has 0 saturated heterocycles. The van der Waals surface area contributed by atoms with Gasteiger partial charge in [-0.25, -0.2) is 0 Å². The third-order valence-corrected chi connectivity index (χ3v) is 3.83. The number of hydrogen-bond donors (Lipinski definition) is 1. The number of amides is 1. The summed E-state index contributed by atoms with van der Waals surface area (Å²) in [6, 6.07) is 5.49. The van der Waals surface area contributed by atoms with Crippen molar-refractivity contribution in [2.45, 2.75) is 20.4 Å². The molecule has 6 heteroatoms. The highest BCUT2D eigenvalue weighted by molar-refractivity contribution is 7.08. The zero-order valence-electron chi connectivity index (χ0n) is 11.7. The smallest absolute Gasteiger partial charge is 0.252 e. The van der Waals surface area contributed by atoms with Crippen LogP contribution in [0.15, 0.2) is 37.9 Å². The Morgan fingerprint density at radius 3 is 2.86 bits per heavy atom. The fraction of sp³-hybridized carbons (Fsp3) is 0.200. The predicted octanol–water partition coefficient (Wildman–Crippen LogP) is 3.54. The summed E-state index contributed by atoms with van der Waals surface area (Å²) in [5.74, 6) is 2.00. The van der Waals surface area contributed by atoms with Crippen molar-refractivity contribution in [1.82, 2.24) is 10.5 Å². The Labute approximate surface area is 125 Å². The molecule has 21 heavy (non-hydrogen) atoms. The quantitative estimate of drug-likeness (QED) is 0.800. The van der Waals surface area contributed by atoms with Crippen molar-refractivity contribution in [2.24, 2.45) is 0 Å². The van der Waals surface area contributed by atoms with Crippen LogP contribution in [0.2, 0.25) is 0 Å². The lowest BCUT2D eigenvalue weighted by Crippen LogP contribution is -2.21. The molecular weight excluding hydrogens is 288 g/mol. The highest BCUT2D eigenvalue weighted by atomic mass is 32.1. The maximum absolute atomic E-state index is 11.9. The van der Waals surface area contributed by atoms with Crippen molar-refractivity contribution in [2.75, 3.05) is 0 Å². The van der Waals surface area contributed by atoms with E-state index >= 15 is 0 Å². The Morgan fingerprint density at radius 1 is 1.33 bits per heavy atom. The first-order chi connectivity index (χ1) is 10.1. The van der Waals surface area contributed by atoms with Gasteiger partial charge in [0.15, 0.2) is 0 Å². The van der Waals surface area contributed by atoms with Crippen LogP contribution in [0.5, 0.6) is 0 Å². The molecular formula is C15H14N2O3S. The third-order valence-electron chi connectivity index (χ3n) is 3.15. The number of nitrogens with one attached hydrogen (secondary N) is 1. The Hall–Kier alpha value is -2.34. The largest absolute Gasteiger partial charge is 0.459 e. The highest BCUT2D eigenvalue weighted by Crippen LogP contribution is 2.28. The standard InChI is InChI=1S/C15H14N2O3S/c1-9-14(10(2)20-17-9)13-4-3-12(19-13)7-16-15(18)11-5-6-21-8-11/h3-6,8H,7H2,1-2H3,(H,16,18). The Morgan fingerprint density at radius 2 is 2.19 bits per heavy atom. The third kappa shape index (κ3) is 2.75. The first-order valence-corrected chi connectivity index (χ1v) is 7.42. The summed E-state index contributed by atoms with van der Waals surface area (Å²) in [4.78, 5) is 11.9. The number of hydrogen-bond acceptors (Lipinski definition) is 5. The van der Waals surface area contributed by atoms with Gasteiger partial charge in [-0.15, -0.1) is 0 Å². The summed E-state index contributed by atoms with van der Waals surface area (Å²) in [5, 5.41) is 10.4. The number of aryl methyl sites for hydroxylation is 2. The van der Waals surface area contributed by atoms with Crippen molar-refractivity contribution in [3.63, 3.8) is 0 Å². The molecule has 0 aliphatic carbocycles. The molecule has 3 aromatic rings. The van der Waals surface area contributed by atoms with Crippen LogP contribution in [0, 0.1) is 13.8 Å². The molecule has 3 aromatic heterocycles. The molecule has 0 saturated carbocycles. The molecule has 1 amide bonds. The Kier molecular flexibility index (Phi) is 3.62. The molecule has 0 unspecified atom stereocenters. The molecule has 0 atom stereocenters. The van der Waals surface area contributed by atoms with Crippen molar-refractivity contribution >= 4 is 17.2 Å². The van der Waals surface area contributed by atoms with E-state index in [1.807, 2.05) is 36.7 Å². The summed E-state index contributed by atoms with van der Waals surface area (Å²) >= 11 is 1.49. The molecule has 108 valence electrons. The molecule has 0 aromatic carbocycles. The van der Waals surface area contributed by atoms with E-state index in [0.29, 0.717) is 23.6 Å². The van der Waals surface area contributed by atoms with Gasteiger partial charge >= 0.3 is 0 Å². The SMILES string of the molecule is Cc1noc(C)c1-c1ccc(CNC(=O)c2ccsc2)o1. The highest BCUT2D eigenvalue weighted by Gasteiger charge is 2.15. The Bertz CT molecular complexity index is 736. The van der Waals surface area contributed by atoms with Crippen LogP contribution >= 0.6 is 11.3 Å². The number of nitrogens with zero attached hydrogens (tertiary/aromatic N) is 1.